The molecule has 0 atom stereocenters. The van der Waals surface area contributed by atoms with E-state index in [4.69, 9.17) is 11.6 Å². The number of aryl methyl sites for hydroxylation is 1. The molecule has 5 nitrogen and oxygen atoms in total. The summed E-state index contributed by atoms with van der Waals surface area (Å²) in [5.74, 6) is 1.10. The summed E-state index contributed by atoms with van der Waals surface area (Å²) < 4.78 is 2.03. The van der Waals surface area contributed by atoms with Gasteiger partial charge in [0, 0.05) is 13.2 Å². The zero-order valence-electron chi connectivity index (χ0n) is 13.2. The van der Waals surface area contributed by atoms with Gasteiger partial charge in [-0.15, -0.1) is 11.3 Å². The number of nitrogens with zero attached hydrogens (tertiary/aromatic N) is 3. The molecule has 0 aliphatic heterocycles. The number of pyridine rings is 1. The molecule has 0 bridgehead atoms. The molecule has 3 aromatic heterocycles. The molecule has 4 rings (SSSR count). The van der Waals surface area contributed by atoms with Gasteiger partial charge < -0.3 is 9.88 Å². The number of thiophene rings is 1. The number of rotatable bonds is 3. The number of nitrogens with one attached hydrogen (secondary N) is 1. The number of anilines is 1. The van der Waals surface area contributed by atoms with Crippen LogP contribution in [0.3, 0.4) is 0 Å². The Balaban J connectivity index is 1.61. The molecule has 0 fully saturated rings. The van der Waals surface area contributed by atoms with E-state index in [1.165, 1.54) is 17.5 Å². The zero-order chi connectivity index (χ0) is 17.4. The molecule has 0 saturated heterocycles. The van der Waals surface area contributed by atoms with Gasteiger partial charge in [0.15, 0.2) is 5.82 Å². The van der Waals surface area contributed by atoms with E-state index in [0.29, 0.717) is 15.7 Å². The van der Waals surface area contributed by atoms with Crippen LogP contribution >= 0.6 is 22.9 Å². The molecular formula is C18H13ClN4OS. The Morgan fingerprint density at radius 2 is 2.00 bits per heavy atom. The highest BCUT2D eigenvalue weighted by molar-refractivity contribution is 7.17. The minimum Gasteiger partial charge on any atom is -0.326 e. The molecular weight excluding hydrogens is 356 g/mol. The van der Waals surface area contributed by atoms with Gasteiger partial charge in [0.05, 0.1) is 25.8 Å². The number of carbonyl (C=O) groups is 1. The number of amides is 1. The molecule has 4 aromatic rings. The van der Waals surface area contributed by atoms with Crippen LogP contribution in [0, 0.1) is 0 Å². The lowest BCUT2D eigenvalue weighted by molar-refractivity contribution is 0.103. The maximum absolute atomic E-state index is 12.4. The molecule has 3 heterocycles. The Labute approximate surface area is 152 Å². The summed E-state index contributed by atoms with van der Waals surface area (Å²) in [7, 11) is 1.97. The smallest absolute Gasteiger partial charge is 0.266 e. The third kappa shape index (κ3) is 3.01. The minimum atomic E-state index is -0.204. The van der Waals surface area contributed by atoms with Crippen LogP contribution in [0.15, 0.2) is 54.7 Å². The van der Waals surface area contributed by atoms with Gasteiger partial charge in [-0.3, -0.25) is 4.79 Å². The van der Waals surface area contributed by atoms with E-state index in [1.807, 2.05) is 41.9 Å². The molecule has 0 unspecified atom stereocenters. The van der Waals surface area contributed by atoms with Crippen LogP contribution in [0.2, 0.25) is 5.02 Å². The van der Waals surface area contributed by atoms with Gasteiger partial charge in [0.25, 0.3) is 5.91 Å². The molecule has 0 aliphatic rings. The van der Waals surface area contributed by atoms with E-state index < -0.39 is 0 Å². The highest BCUT2D eigenvalue weighted by atomic mass is 35.5. The van der Waals surface area contributed by atoms with Crippen LogP contribution < -0.4 is 5.32 Å². The maximum atomic E-state index is 12.4. The first-order valence-corrected chi connectivity index (χ1v) is 8.76. The molecule has 1 aromatic carbocycles. The van der Waals surface area contributed by atoms with E-state index in [0.717, 1.165) is 21.7 Å². The normalized spacial score (nSPS) is 11.0. The summed E-state index contributed by atoms with van der Waals surface area (Å²) >= 11 is 7.20. The fourth-order valence-electron chi connectivity index (χ4n) is 2.57. The Morgan fingerprint density at radius 1 is 1.16 bits per heavy atom. The predicted molar refractivity (Wildman–Crippen MR) is 101 cm³/mol. The van der Waals surface area contributed by atoms with Crippen LogP contribution in [-0.2, 0) is 7.05 Å². The number of para-hydroxylation sites is 2. The lowest BCUT2D eigenvalue weighted by Crippen LogP contribution is -2.10. The summed E-state index contributed by atoms with van der Waals surface area (Å²) in [5, 5.41) is 3.29. The van der Waals surface area contributed by atoms with Gasteiger partial charge in [-0.2, -0.15) is 0 Å². The van der Waals surface area contributed by atoms with Crippen LogP contribution in [0.25, 0.3) is 21.7 Å². The Bertz CT molecular complexity index is 1070. The van der Waals surface area contributed by atoms with Gasteiger partial charge >= 0.3 is 0 Å². The first-order valence-electron chi connectivity index (χ1n) is 7.56. The summed E-state index contributed by atoms with van der Waals surface area (Å²) in [6, 6.07) is 15.0. The number of aromatic nitrogens is 3. The van der Waals surface area contributed by atoms with Crippen molar-refractivity contribution in [3.63, 3.8) is 0 Å². The monoisotopic (exact) mass is 368 g/mol. The van der Waals surface area contributed by atoms with Crippen LogP contribution in [0.5, 0.6) is 0 Å². The molecule has 0 aliphatic carbocycles. The maximum Gasteiger partial charge on any atom is 0.266 e. The minimum absolute atomic E-state index is 0.204. The van der Waals surface area contributed by atoms with Crippen molar-refractivity contribution in [2.45, 2.75) is 0 Å². The van der Waals surface area contributed by atoms with Crippen molar-refractivity contribution in [3.8, 4) is 10.7 Å². The lowest BCUT2D eigenvalue weighted by Gasteiger charge is -2.02. The second-order valence-electron chi connectivity index (χ2n) is 5.46. The highest BCUT2D eigenvalue weighted by Crippen LogP contribution is 2.30. The van der Waals surface area contributed by atoms with E-state index in [-0.39, 0.29) is 5.91 Å². The fourth-order valence-corrected chi connectivity index (χ4v) is 3.61. The van der Waals surface area contributed by atoms with E-state index in [9.17, 15) is 4.79 Å². The molecule has 0 saturated carbocycles. The number of fused-ring (bicyclic) bond motifs is 1. The Kier molecular flexibility index (Phi) is 3.99. The van der Waals surface area contributed by atoms with E-state index >= 15 is 0 Å². The second-order valence-corrected chi connectivity index (χ2v) is 6.98. The molecule has 0 spiro atoms. The van der Waals surface area contributed by atoms with Crippen molar-refractivity contribution in [1.82, 2.24) is 14.5 Å². The number of benzene rings is 1. The van der Waals surface area contributed by atoms with Crippen molar-refractivity contribution in [3.05, 3.63) is 64.6 Å². The average Bonchev–Trinajstić information content (AvgIpc) is 3.22. The quantitative estimate of drug-likeness (QED) is 0.574. The fraction of sp³-hybridized carbons (Fsp3) is 0.0556. The predicted octanol–water partition coefficient (Wildman–Crippen LogP) is 4.60. The van der Waals surface area contributed by atoms with Gasteiger partial charge in [-0.05, 0) is 36.4 Å². The van der Waals surface area contributed by atoms with Crippen LogP contribution in [-0.4, -0.2) is 20.4 Å². The van der Waals surface area contributed by atoms with Crippen molar-refractivity contribution in [2.75, 3.05) is 5.32 Å². The van der Waals surface area contributed by atoms with Gasteiger partial charge in [0.1, 0.15) is 5.82 Å². The van der Waals surface area contributed by atoms with Crippen molar-refractivity contribution < 1.29 is 4.79 Å². The molecule has 0 radical (unpaired) electrons. The highest BCUT2D eigenvalue weighted by Gasteiger charge is 2.15. The topological polar surface area (TPSA) is 59.8 Å². The third-order valence-corrected chi connectivity index (χ3v) is 5.11. The first kappa shape index (κ1) is 15.8. The van der Waals surface area contributed by atoms with Gasteiger partial charge in [0.2, 0.25) is 0 Å². The summed E-state index contributed by atoms with van der Waals surface area (Å²) in [6.07, 6.45) is 1.50. The number of hydrogen-bond acceptors (Lipinski definition) is 4. The van der Waals surface area contributed by atoms with Crippen molar-refractivity contribution >= 4 is 45.7 Å². The average molecular weight is 369 g/mol. The Hall–Kier alpha value is -2.70. The summed E-state index contributed by atoms with van der Waals surface area (Å²) in [4.78, 5) is 22.7. The zero-order valence-corrected chi connectivity index (χ0v) is 14.8. The van der Waals surface area contributed by atoms with Gasteiger partial charge in [-0.25, -0.2) is 9.97 Å². The summed E-state index contributed by atoms with van der Waals surface area (Å²) in [6.45, 7) is 0. The molecule has 25 heavy (non-hydrogen) atoms. The number of hydrogen-bond donors (Lipinski definition) is 1. The van der Waals surface area contributed by atoms with E-state index in [2.05, 4.69) is 15.3 Å². The number of imidazole rings is 1. The second kappa shape index (κ2) is 6.31. The van der Waals surface area contributed by atoms with Crippen molar-refractivity contribution in [2.24, 2.45) is 7.05 Å². The first-order chi connectivity index (χ1) is 12.1. The van der Waals surface area contributed by atoms with Crippen molar-refractivity contribution in [1.29, 1.82) is 0 Å². The third-order valence-electron chi connectivity index (χ3n) is 3.81. The Morgan fingerprint density at radius 3 is 2.76 bits per heavy atom. The summed E-state index contributed by atoms with van der Waals surface area (Å²) in [5.41, 5.74) is 1.99. The number of carbonyl (C=O) groups excluding carboxylic acids is 1. The van der Waals surface area contributed by atoms with Crippen LogP contribution in [0.4, 0.5) is 5.82 Å². The van der Waals surface area contributed by atoms with Gasteiger partial charge in [-0.1, -0.05) is 23.7 Å². The molecule has 7 heteroatoms. The molecule has 1 N–H and O–H groups in total. The largest absolute Gasteiger partial charge is 0.326 e. The SMILES string of the molecule is Cn1c(-c2ccc(C(=O)Nc3ccc(Cl)cn3)s2)nc2ccccc21. The molecule has 1 amide bonds. The van der Waals surface area contributed by atoms with E-state index in [1.54, 1.807) is 18.2 Å². The molecule has 124 valence electrons. The van der Waals surface area contributed by atoms with Crippen LogP contribution in [0.1, 0.15) is 9.67 Å². The number of halogens is 1. The standard InChI is InChI=1S/C18H13ClN4OS/c1-23-13-5-3-2-4-12(13)21-17(23)14-7-8-15(25-14)18(24)22-16-9-6-11(19)10-20-16/h2-10H,1H3,(H,20,22,24). The lowest BCUT2D eigenvalue weighted by atomic mass is 10.3.